The fraction of sp³-hybridized carbons (Fsp3) is 1.00. The summed E-state index contributed by atoms with van der Waals surface area (Å²) in [4.78, 5) is 0.322. The molecule has 0 amide bonds. The zero-order valence-electron chi connectivity index (χ0n) is 9.21. The normalized spacial score (nSPS) is 44.1. The van der Waals surface area contributed by atoms with Gasteiger partial charge >= 0.3 is 0 Å². The number of nitrogens with one attached hydrogen (secondary N) is 1. The molecule has 2 heterocycles. The summed E-state index contributed by atoms with van der Waals surface area (Å²) in [5.41, 5.74) is 0. The van der Waals surface area contributed by atoms with Gasteiger partial charge in [-0.25, -0.2) is 0 Å². The van der Waals surface area contributed by atoms with Gasteiger partial charge in [-0.1, -0.05) is 13.8 Å². The first-order valence-electron chi connectivity index (χ1n) is 5.73. The number of thioether (sulfide) groups is 1. The summed E-state index contributed by atoms with van der Waals surface area (Å²) in [6, 6.07) is 0. The molecule has 0 radical (unpaired) electrons. The van der Waals surface area contributed by atoms with E-state index in [1.54, 1.807) is 0 Å². The van der Waals surface area contributed by atoms with Crippen molar-refractivity contribution in [1.82, 2.24) is 5.32 Å². The summed E-state index contributed by atoms with van der Waals surface area (Å²) in [5.74, 6) is 2.85. The molecule has 0 aromatic rings. The standard InChI is InChI=1S/C11H21NOS/c1-3-11(10-4-5-13-7-10)12-6-9(2)8-14-11/h9-10,12H,3-8H2,1-2H3. The van der Waals surface area contributed by atoms with Crippen molar-refractivity contribution in [2.24, 2.45) is 11.8 Å². The fourth-order valence-corrected chi connectivity index (χ4v) is 3.94. The summed E-state index contributed by atoms with van der Waals surface area (Å²) in [6.07, 6.45) is 2.46. The molecule has 0 saturated carbocycles. The molecule has 0 aromatic carbocycles. The predicted molar refractivity (Wildman–Crippen MR) is 61.6 cm³/mol. The number of hydrogen-bond donors (Lipinski definition) is 1. The SMILES string of the molecule is CCC1(C2CCOC2)NCC(C)CS1. The first-order chi connectivity index (χ1) is 6.77. The van der Waals surface area contributed by atoms with Crippen LogP contribution < -0.4 is 5.32 Å². The molecule has 0 aliphatic carbocycles. The van der Waals surface area contributed by atoms with E-state index in [9.17, 15) is 0 Å². The van der Waals surface area contributed by atoms with Crippen LogP contribution >= 0.6 is 11.8 Å². The van der Waals surface area contributed by atoms with Gasteiger partial charge in [0.1, 0.15) is 0 Å². The van der Waals surface area contributed by atoms with Gasteiger partial charge in [-0.2, -0.15) is 0 Å². The van der Waals surface area contributed by atoms with Crippen molar-refractivity contribution in [2.45, 2.75) is 31.6 Å². The van der Waals surface area contributed by atoms with Gasteiger partial charge < -0.3 is 10.1 Å². The Bertz CT molecular complexity index is 184. The summed E-state index contributed by atoms with van der Waals surface area (Å²) < 4.78 is 5.51. The molecule has 3 unspecified atom stereocenters. The minimum absolute atomic E-state index is 0.322. The first-order valence-corrected chi connectivity index (χ1v) is 6.72. The number of rotatable bonds is 2. The van der Waals surface area contributed by atoms with Gasteiger partial charge in [-0.3, -0.25) is 0 Å². The van der Waals surface area contributed by atoms with E-state index in [1.807, 2.05) is 0 Å². The van der Waals surface area contributed by atoms with Crippen molar-refractivity contribution >= 4 is 11.8 Å². The molecular weight excluding hydrogens is 194 g/mol. The molecule has 82 valence electrons. The van der Waals surface area contributed by atoms with Crippen LogP contribution in [0.5, 0.6) is 0 Å². The highest BCUT2D eigenvalue weighted by atomic mass is 32.2. The van der Waals surface area contributed by atoms with Gasteiger partial charge in [-0.15, -0.1) is 11.8 Å². The van der Waals surface area contributed by atoms with E-state index in [1.165, 1.54) is 25.1 Å². The van der Waals surface area contributed by atoms with Crippen molar-refractivity contribution in [1.29, 1.82) is 0 Å². The Kier molecular flexibility index (Phi) is 3.40. The molecule has 2 aliphatic heterocycles. The van der Waals surface area contributed by atoms with E-state index in [2.05, 4.69) is 30.9 Å². The molecule has 1 N–H and O–H groups in total. The molecule has 2 fully saturated rings. The molecule has 0 aromatic heterocycles. The van der Waals surface area contributed by atoms with E-state index in [0.29, 0.717) is 4.87 Å². The van der Waals surface area contributed by atoms with Crippen LogP contribution in [-0.2, 0) is 4.74 Å². The summed E-state index contributed by atoms with van der Waals surface area (Å²) in [6.45, 7) is 7.73. The summed E-state index contributed by atoms with van der Waals surface area (Å²) in [5, 5.41) is 3.76. The molecule has 2 saturated heterocycles. The van der Waals surface area contributed by atoms with Crippen LogP contribution in [0.15, 0.2) is 0 Å². The van der Waals surface area contributed by atoms with Gasteiger partial charge in [0.15, 0.2) is 0 Å². The van der Waals surface area contributed by atoms with Crippen LogP contribution in [0.2, 0.25) is 0 Å². The van der Waals surface area contributed by atoms with Crippen LogP contribution in [0.1, 0.15) is 26.7 Å². The Morgan fingerprint density at radius 3 is 2.93 bits per heavy atom. The van der Waals surface area contributed by atoms with Crippen LogP contribution in [-0.4, -0.2) is 30.4 Å². The second-order valence-corrected chi connectivity index (χ2v) is 5.95. The van der Waals surface area contributed by atoms with Crippen molar-refractivity contribution in [3.05, 3.63) is 0 Å². The molecule has 2 nitrogen and oxygen atoms in total. The third-order valence-electron chi connectivity index (χ3n) is 3.49. The summed E-state index contributed by atoms with van der Waals surface area (Å²) >= 11 is 2.12. The average molecular weight is 215 g/mol. The first kappa shape index (κ1) is 10.8. The quantitative estimate of drug-likeness (QED) is 0.762. The third-order valence-corrected chi connectivity index (χ3v) is 5.51. The molecule has 14 heavy (non-hydrogen) atoms. The minimum Gasteiger partial charge on any atom is -0.381 e. The van der Waals surface area contributed by atoms with Gasteiger partial charge in [0.05, 0.1) is 11.5 Å². The maximum absolute atomic E-state index is 5.51. The van der Waals surface area contributed by atoms with E-state index in [-0.39, 0.29) is 0 Å². The fourth-order valence-electron chi connectivity index (χ4n) is 2.43. The molecule has 2 aliphatic rings. The van der Waals surface area contributed by atoms with E-state index in [4.69, 9.17) is 4.74 Å². The maximum atomic E-state index is 5.51. The molecule has 2 rings (SSSR count). The number of hydrogen-bond acceptors (Lipinski definition) is 3. The zero-order chi connectivity index (χ0) is 10.0. The lowest BCUT2D eigenvalue weighted by atomic mass is 9.95. The molecule has 3 atom stereocenters. The Morgan fingerprint density at radius 2 is 2.43 bits per heavy atom. The highest BCUT2D eigenvalue weighted by Gasteiger charge is 2.41. The molecule has 0 spiro atoms. The smallest absolute Gasteiger partial charge is 0.0694 e. The Morgan fingerprint density at radius 1 is 1.57 bits per heavy atom. The largest absolute Gasteiger partial charge is 0.381 e. The van der Waals surface area contributed by atoms with Crippen LogP contribution in [0, 0.1) is 11.8 Å². The third kappa shape index (κ3) is 1.95. The summed E-state index contributed by atoms with van der Waals surface area (Å²) in [7, 11) is 0. The van der Waals surface area contributed by atoms with Crippen LogP contribution in [0.25, 0.3) is 0 Å². The zero-order valence-corrected chi connectivity index (χ0v) is 10.0. The second kappa shape index (κ2) is 4.42. The van der Waals surface area contributed by atoms with Crippen molar-refractivity contribution in [2.75, 3.05) is 25.5 Å². The van der Waals surface area contributed by atoms with Crippen molar-refractivity contribution in [3.63, 3.8) is 0 Å². The monoisotopic (exact) mass is 215 g/mol. The maximum Gasteiger partial charge on any atom is 0.0694 e. The molecular formula is C11H21NOS. The molecule has 3 heteroatoms. The molecule has 0 bridgehead atoms. The van der Waals surface area contributed by atoms with Crippen molar-refractivity contribution < 1.29 is 4.74 Å². The Labute approximate surface area is 91.2 Å². The highest BCUT2D eigenvalue weighted by molar-refractivity contribution is 8.00. The number of ether oxygens (including phenoxy) is 1. The Hall–Kier alpha value is 0.270. The van der Waals surface area contributed by atoms with E-state index < -0.39 is 0 Å². The second-order valence-electron chi connectivity index (χ2n) is 4.60. The van der Waals surface area contributed by atoms with E-state index in [0.717, 1.165) is 25.0 Å². The predicted octanol–water partition coefficient (Wildman–Crippen LogP) is 2.10. The van der Waals surface area contributed by atoms with Gasteiger partial charge in [0, 0.05) is 12.5 Å². The topological polar surface area (TPSA) is 21.3 Å². The van der Waals surface area contributed by atoms with Gasteiger partial charge in [0.2, 0.25) is 0 Å². The average Bonchev–Trinajstić information content (AvgIpc) is 2.73. The van der Waals surface area contributed by atoms with Crippen molar-refractivity contribution in [3.8, 4) is 0 Å². The van der Waals surface area contributed by atoms with Crippen LogP contribution in [0.3, 0.4) is 0 Å². The van der Waals surface area contributed by atoms with Crippen LogP contribution in [0.4, 0.5) is 0 Å². The minimum atomic E-state index is 0.322. The van der Waals surface area contributed by atoms with Gasteiger partial charge in [0.25, 0.3) is 0 Å². The highest BCUT2D eigenvalue weighted by Crippen LogP contribution is 2.41. The lowest BCUT2D eigenvalue weighted by molar-refractivity contribution is 0.168. The lowest BCUT2D eigenvalue weighted by Crippen LogP contribution is -2.53. The lowest BCUT2D eigenvalue weighted by Gasteiger charge is -2.43. The van der Waals surface area contributed by atoms with E-state index >= 15 is 0 Å². The Balaban J connectivity index is 2.01. The van der Waals surface area contributed by atoms with Gasteiger partial charge in [-0.05, 0) is 31.1 Å².